The third-order valence-corrected chi connectivity index (χ3v) is 5.81. The zero-order valence-corrected chi connectivity index (χ0v) is 17.6. The molecule has 170 valence electrons. The number of aromatic nitrogens is 1. The largest absolute Gasteiger partial charge is 0.417 e. The maximum Gasteiger partial charge on any atom is 0.417 e. The van der Waals surface area contributed by atoms with Gasteiger partial charge in [-0.3, -0.25) is 14.6 Å². The predicted molar refractivity (Wildman–Crippen MR) is 113 cm³/mol. The molecule has 3 heterocycles. The van der Waals surface area contributed by atoms with Gasteiger partial charge in [-0.15, -0.1) is 0 Å². The van der Waals surface area contributed by atoms with Gasteiger partial charge in [0.1, 0.15) is 11.9 Å². The minimum absolute atomic E-state index is 0.180. The van der Waals surface area contributed by atoms with Crippen LogP contribution >= 0.6 is 0 Å². The van der Waals surface area contributed by atoms with E-state index >= 15 is 0 Å². The number of rotatable bonds is 4. The van der Waals surface area contributed by atoms with Gasteiger partial charge in [-0.05, 0) is 37.6 Å². The molecule has 2 saturated heterocycles. The molecule has 1 aromatic carbocycles. The lowest BCUT2D eigenvalue weighted by Crippen LogP contribution is -2.43. The minimum Gasteiger partial charge on any atom is -0.355 e. The molecule has 0 bridgehead atoms. The van der Waals surface area contributed by atoms with Crippen molar-refractivity contribution >= 4 is 23.4 Å². The Kier molecular flexibility index (Phi) is 6.05. The first-order chi connectivity index (χ1) is 15.3. The molecule has 1 atom stereocenters. The van der Waals surface area contributed by atoms with Gasteiger partial charge in [-0.1, -0.05) is 18.2 Å². The van der Waals surface area contributed by atoms with Gasteiger partial charge in [0, 0.05) is 38.1 Å². The quantitative estimate of drug-likeness (QED) is 0.673. The molecule has 4 rings (SSSR count). The maximum atomic E-state index is 13.0. The number of benzene rings is 1. The smallest absolute Gasteiger partial charge is 0.355 e. The number of alkyl halides is 3. The summed E-state index contributed by atoms with van der Waals surface area (Å²) < 4.78 is 38.3. The van der Waals surface area contributed by atoms with Gasteiger partial charge in [0.2, 0.25) is 0 Å². The summed E-state index contributed by atoms with van der Waals surface area (Å²) in [5, 5.41) is 0. The van der Waals surface area contributed by atoms with Crippen LogP contribution in [0.25, 0.3) is 0 Å². The standard InChI is InChI=1S/C22H24F3N5O2/c1-16-20(31)29(21(32)30(16)18-6-3-2-4-7-18)15-27-10-5-11-28(13-12-27)19-9-8-17(14-26-19)22(23,24)25/h2-4,6-9,14,16H,5,10-13,15H2,1H3/t16-/m1/s1. The molecule has 2 aliphatic heterocycles. The van der Waals surface area contributed by atoms with E-state index in [-0.39, 0.29) is 18.6 Å². The van der Waals surface area contributed by atoms with Crippen LogP contribution in [0.15, 0.2) is 48.7 Å². The monoisotopic (exact) mass is 447 g/mol. The molecule has 0 radical (unpaired) electrons. The summed E-state index contributed by atoms with van der Waals surface area (Å²) in [6.07, 6.45) is -2.84. The average molecular weight is 447 g/mol. The number of anilines is 2. The molecule has 32 heavy (non-hydrogen) atoms. The maximum absolute atomic E-state index is 13.0. The van der Waals surface area contributed by atoms with Crippen molar-refractivity contribution in [3.63, 3.8) is 0 Å². The molecule has 7 nitrogen and oxygen atoms in total. The number of nitrogens with zero attached hydrogens (tertiary/aromatic N) is 5. The van der Waals surface area contributed by atoms with Crippen molar-refractivity contribution < 1.29 is 22.8 Å². The predicted octanol–water partition coefficient (Wildman–Crippen LogP) is 3.43. The van der Waals surface area contributed by atoms with Gasteiger partial charge >= 0.3 is 12.2 Å². The van der Waals surface area contributed by atoms with E-state index in [2.05, 4.69) is 4.98 Å². The van der Waals surface area contributed by atoms with Gasteiger partial charge in [-0.2, -0.15) is 13.2 Å². The van der Waals surface area contributed by atoms with Crippen molar-refractivity contribution in [3.05, 3.63) is 54.2 Å². The topological polar surface area (TPSA) is 60.0 Å². The molecule has 0 N–H and O–H groups in total. The Bertz CT molecular complexity index is 968. The fraction of sp³-hybridized carbons (Fsp3) is 0.409. The molecule has 0 aliphatic carbocycles. The Morgan fingerprint density at radius 2 is 1.75 bits per heavy atom. The highest BCUT2D eigenvalue weighted by Gasteiger charge is 2.43. The molecule has 0 saturated carbocycles. The van der Waals surface area contributed by atoms with Crippen molar-refractivity contribution in [3.8, 4) is 0 Å². The number of urea groups is 1. The highest BCUT2D eigenvalue weighted by Crippen LogP contribution is 2.30. The highest BCUT2D eigenvalue weighted by molar-refractivity contribution is 6.14. The second-order valence-electron chi connectivity index (χ2n) is 7.93. The van der Waals surface area contributed by atoms with Gasteiger partial charge < -0.3 is 4.90 Å². The van der Waals surface area contributed by atoms with Crippen molar-refractivity contribution in [1.82, 2.24) is 14.8 Å². The Balaban J connectivity index is 1.40. The summed E-state index contributed by atoms with van der Waals surface area (Å²) >= 11 is 0. The van der Waals surface area contributed by atoms with Crippen LogP contribution in [0.3, 0.4) is 0 Å². The molecule has 0 unspecified atom stereocenters. The number of halogens is 3. The van der Waals surface area contributed by atoms with Crippen LogP contribution in [0, 0.1) is 0 Å². The van der Waals surface area contributed by atoms with E-state index in [1.807, 2.05) is 28.0 Å². The Morgan fingerprint density at radius 1 is 1.00 bits per heavy atom. The molecule has 2 aromatic rings. The first-order valence-electron chi connectivity index (χ1n) is 10.5. The van der Waals surface area contributed by atoms with Crippen molar-refractivity contribution in [2.24, 2.45) is 0 Å². The zero-order chi connectivity index (χ0) is 22.9. The number of hydrogen-bond acceptors (Lipinski definition) is 5. The highest BCUT2D eigenvalue weighted by atomic mass is 19.4. The van der Waals surface area contributed by atoms with Crippen LogP contribution in [0.4, 0.5) is 29.5 Å². The molecule has 10 heteroatoms. The molecule has 3 amide bonds. The lowest BCUT2D eigenvalue weighted by Gasteiger charge is -2.26. The first-order valence-corrected chi connectivity index (χ1v) is 10.5. The number of imide groups is 1. The van der Waals surface area contributed by atoms with Crippen LogP contribution < -0.4 is 9.80 Å². The van der Waals surface area contributed by atoms with Gasteiger partial charge in [0.05, 0.1) is 12.2 Å². The summed E-state index contributed by atoms with van der Waals surface area (Å²) in [4.78, 5) is 36.4. The summed E-state index contributed by atoms with van der Waals surface area (Å²) in [5.74, 6) is 0.237. The summed E-state index contributed by atoms with van der Waals surface area (Å²) in [7, 11) is 0. The van der Waals surface area contributed by atoms with Crippen molar-refractivity contribution in [2.75, 3.05) is 42.6 Å². The Morgan fingerprint density at radius 3 is 2.41 bits per heavy atom. The molecule has 0 spiro atoms. The van der Waals surface area contributed by atoms with E-state index in [1.54, 1.807) is 19.1 Å². The van der Waals surface area contributed by atoms with Crippen LogP contribution in [0.2, 0.25) is 0 Å². The molecule has 1 aromatic heterocycles. The lowest BCUT2D eigenvalue weighted by molar-refractivity contribution is -0.137. The van der Waals surface area contributed by atoms with Gasteiger partial charge in [0.25, 0.3) is 5.91 Å². The van der Waals surface area contributed by atoms with E-state index in [1.165, 1.54) is 15.9 Å². The zero-order valence-electron chi connectivity index (χ0n) is 17.6. The van der Waals surface area contributed by atoms with Gasteiger partial charge in [-0.25, -0.2) is 14.7 Å². The summed E-state index contributed by atoms with van der Waals surface area (Å²) in [6, 6.07) is 10.6. The van der Waals surface area contributed by atoms with Gasteiger partial charge in [0.15, 0.2) is 0 Å². The fourth-order valence-corrected chi connectivity index (χ4v) is 4.06. The van der Waals surface area contributed by atoms with E-state index in [0.717, 1.165) is 18.7 Å². The Labute approximate surface area is 184 Å². The molecule has 2 fully saturated rings. The second-order valence-corrected chi connectivity index (χ2v) is 7.93. The molecule has 2 aliphatic rings. The van der Waals surface area contributed by atoms with E-state index < -0.39 is 17.8 Å². The van der Waals surface area contributed by atoms with Crippen LogP contribution in [0.1, 0.15) is 18.9 Å². The first kappa shape index (κ1) is 22.1. The molecular weight excluding hydrogens is 423 g/mol. The normalized spacial score (nSPS) is 20.8. The third-order valence-electron chi connectivity index (χ3n) is 5.81. The third kappa shape index (κ3) is 4.40. The van der Waals surface area contributed by atoms with Crippen molar-refractivity contribution in [1.29, 1.82) is 0 Å². The van der Waals surface area contributed by atoms with Crippen LogP contribution in [-0.4, -0.2) is 65.6 Å². The van der Waals surface area contributed by atoms with E-state index in [4.69, 9.17) is 0 Å². The average Bonchev–Trinajstić information content (AvgIpc) is 2.94. The number of carbonyl (C=O) groups is 2. The Hall–Kier alpha value is -3.14. The fourth-order valence-electron chi connectivity index (χ4n) is 4.06. The summed E-state index contributed by atoms with van der Waals surface area (Å²) in [6.45, 7) is 4.27. The number of para-hydroxylation sites is 1. The van der Waals surface area contributed by atoms with Crippen molar-refractivity contribution in [2.45, 2.75) is 25.6 Å². The number of hydrogen-bond donors (Lipinski definition) is 0. The molecular formula is C22H24F3N5O2. The second kappa shape index (κ2) is 8.78. The SMILES string of the molecule is C[C@@H]1C(=O)N(CN2CCCN(c3ccc(C(F)(F)F)cn3)CC2)C(=O)N1c1ccccc1. The number of amides is 3. The van der Waals surface area contributed by atoms with Crippen LogP contribution in [-0.2, 0) is 11.0 Å². The minimum atomic E-state index is -4.42. The van der Waals surface area contributed by atoms with Crippen LogP contribution in [0.5, 0.6) is 0 Å². The number of pyridine rings is 1. The van der Waals surface area contributed by atoms with E-state index in [0.29, 0.717) is 37.7 Å². The summed E-state index contributed by atoms with van der Waals surface area (Å²) in [5.41, 5.74) is -0.0999. The number of carbonyl (C=O) groups excluding carboxylic acids is 2. The lowest BCUT2D eigenvalue weighted by atomic mass is 10.2. The van der Waals surface area contributed by atoms with E-state index in [9.17, 15) is 22.8 Å².